The van der Waals surface area contributed by atoms with Crippen molar-refractivity contribution in [3.8, 4) is 0 Å². The number of allylic oxidation sites excluding steroid dienone is 1. The van der Waals surface area contributed by atoms with E-state index in [0.29, 0.717) is 6.04 Å². The largest absolute Gasteiger partial charge is 0.403 e. The van der Waals surface area contributed by atoms with Gasteiger partial charge in [0.25, 0.3) is 0 Å². The molecule has 1 saturated heterocycles. The maximum absolute atomic E-state index is 5.77. The molecule has 19 heavy (non-hydrogen) atoms. The molecule has 2 aliphatic rings. The Morgan fingerprint density at radius 3 is 2.53 bits per heavy atom. The van der Waals surface area contributed by atoms with Crippen LogP contribution in [0.4, 0.5) is 0 Å². The second kappa shape index (κ2) is 5.12. The molecule has 1 atom stereocenters. The third kappa shape index (κ3) is 2.27. The van der Waals surface area contributed by atoms with Crippen LogP contribution in [0.1, 0.15) is 55.2 Å². The molecule has 2 nitrogen and oxygen atoms in total. The van der Waals surface area contributed by atoms with Gasteiger partial charge in [0.05, 0.1) is 6.04 Å². The van der Waals surface area contributed by atoms with Gasteiger partial charge in [-0.25, -0.2) is 0 Å². The first kappa shape index (κ1) is 12.3. The Bertz CT molecular complexity index is 500. The van der Waals surface area contributed by atoms with Crippen molar-refractivity contribution in [2.24, 2.45) is 5.73 Å². The Kier molecular flexibility index (Phi) is 3.33. The van der Waals surface area contributed by atoms with Crippen LogP contribution in [0.5, 0.6) is 0 Å². The number of nitrogens with two attached hydrogens (primary N) is 1. The second-order valence-corrected chi connectivity index (χ2v) is 5.56. The monoisotopic (exact) mass is 254 g/mol. The summed E-state index contributed by atoms with van der Waals surface area (Å²) in [6, 6.07) is 9.32. The van der Waals surface area contributed by atoms with Gasteiger partial charge in [-0.2, -0.15) is 0 Å². The predicted molar refractivity (Wildman–Crippen MR) is 79.3 cm³/mol. The quantitative estimate of drug-likeness (QED) is 0.882. The van der Waals surface area contributed by atoms with E-state index in [-0.39, 0.29) is 0 Å². The zero-order valence-corrected chi connectivity index (χ0v) is 11.4. The first-order valence-corrected chi connectivity index (χ1v) is 7.25. The highest BCUT2D eigenvalue weighted by atomic mass is 15.2. The molecule has 0 amide bonds. The Hall–Kier alpha value is -1.70. The molecule has 0 aromatic heterocycles. The maximum atomic E-state index is 5.77. The van der Waals surface area contributed by atoms with E-state index < -0.39 is 0 Å². The molecule has 100 valence electrons. The molecule has 1 aromatic rings. The third-order valence-electron chi connectivity index (χ3n) is 4.34. The third-order valence-corrected chi connectivity index (χ3v) is 4.34. The van der Waals surface area contributed by atoms with Crippen LogP contribution in [0.15, 0.2) is 48.9 Å². The normalized spacial score (nSPS) is 25.6. The molecule has 2 heteroatoms. The lowest BCUT2D eigenvalue weighted by atomic mass is 9.89. The lowest BCUT2D eigenvalue weighted by Crippen LogP contribution is -2.28. The zero-order chi connectivity index (χ0) is 13.2. The number of nitrogens with zero attached hydrogens (tertiary/aromatic N) is 1. The summed E-state index contributed by atoms with van der Waals surface area (Å²) in [5.41, 5.74) is 9.99. The summed E-state index contributed by atoms with van der Waals surface area (Å²) in [5.74, 6) is 0.787. The lowest BCUT2D eigenvalue weighted by Gasteiger charge is -2.38. The fraction of sp³-hybridized carbons (Fsp3) is 0.412. The molecule has 1 saturated carbocycles. The van der Waals surface area contributed by atoms with Crippen LogP contribution in [0.2, 0.25) is 0 Å². The first-order valence-electron chi connectivity index (χ1n) is 7.25. The lowest BCUT2D eigenvalue weighted by molar-refractivity contribution is 0.271. The van der Waals surface area contributed by atoms with Gasteiger partial charge in [0.1, 0.15) is 0 Å². The van der Waals surface area contributed by atoms with E-state index in [1.165, 1.54) is 42.5 Å². The van der Waals surface area contributed by atoms with Crippen molar-refractivity contribution in [3.63, 3.8) is 0 Å². The number of hydrogen-bond donors (Lipinski definition) is 1. The minimum absolute atomic E-state index is 0.415. The van der Waals surface area contributed by atoms with E-state index >= 15 is 0 Å². The fourth-order valence-electron chi connectivity index (χ4n) is 3.24. The number of hydrogen-bond acceptors (Lipinski definition) is 2. The molecule has 2 fully saturated rings. The Labute approximate surface area is 115 Å². The van der Waals surface area contributed by atoms with Crippen molar-refractivity contribution >= 4 is 0 Å². The number of rotatable bonds is 3. The smallest absolute Gasteiger partial charge is 0.0585 e. The molecule has 0 spiro atoms. The van der Waals surface area contributed by atoms with Gasteiger partial charge in [0, 0.05) is 11.9 Å². The Balaban J connectivity index is 1.97. The predicted octanol–water partition coefficient (Wildman–Crippen LogP) is 4.03. The zero-order valence-electron chi connectivity index (χ0n) is 11.4. The van der Waals surface area contributed by atoms with E-state index in [2.05, 4.69) is 35.7 Å². The van der Waals surface area contributed by atoms with Gasteiger partial charge in [-0.3, -0.25) is 0 Å². The molecular weight excluding hydrogens is 232 g/mol. The topological polar surface area (TPSA) is 29.3 Å². The van der Waals surface area contributed by atoms with Crippen molar-refractivity contribution in [2.45, 2.75) is 44.1 Å². The van der Waals surface area contributed by atoms with E-state index in [1.54, 1.807) is 6.20 Å². The van der Waals surface area contributed by atoms with Crippen molar-refractivity contribution < 1.29 is 0 Å². The number of benzene rings is 1. The van der Waals surface area contributed by atoms with Gasteiger partial charge >= 0.3 is 0 Å². The fourth-order valence-corrected chi connectivity index (χ4v) is 3.24. The second-order valence-electron chi connectivity index (χ2n) is 5.56. The van der Waals surface area contributed by atoms with Crippen molar-refractivity contribution in [1.82, 2.24) is 4.90 Å². The molecule has 1 unspecified atom stereocenters. The molecule has 2 N–H and O–H groups in total. The van der Waals surface area contributed by atoms with Gasteiger partial charge in [-0.1, -0.05) is 30.8 Å². The van der Waals surface area contributed by atoms with Crippen molar-refractivity contribution in [1.29, 1.82) is 0 Å². The molecule has 3 rings (SSSR count). The van der Waals surface area contributed by atoms with E-state index in [1.807, 2.05) is 6.20 Å². The van der Waals surface area contributed by atoms with Crippen LogP contribution in [-0.4, -0.2) is 4.90 Å². The summed E-state index contributed by atoms with van der Waals surface area (Å²) in [6.07, 6.45) is 9.82. The van der Waals surface area contributed by atoms with Gasteiger partial charge in [0.15, 0.2) is 0 Å². The summed E-state index contributed by atoms with van der Waals surface area (Å²) in [6.45, 7) is 3.98. The van der Waals surface area contributed by atoms with E-state index in [9.17, 15) is 0 Å². The van der Waals surface area contributed by atoms with Crippen molar-refractivity contribution in [3.05, 3.63) is 60.1 Å². The van der Waals surface area contributed by atoms with Crippen LogP contribution in [0.25, 0.3) is 0 Å². The standard InChI is InChI=1S/C17H22N2/c1-2-19-14(12-18)6-5-9-17(19)16-8-4-3-7-15(16)13-10-11-13/h2-4,7-8,12-13,17H,1,5-6,9-11,18H2/b14-12-. The summed E-state index contributed by atoms with van der Waals surface area (Å²) in [7, 11) is 0. The highest BCUT2D eigenvalue weighted by molar-refractivity contribution is 5.37. The molecule has 1 aliphatic carbocycles. The van der Waals surface area contributed by atoms with Crippen LogP contribution >= 0.6 is 0 Å². The molecule has 0 radical (unpaired) electrons. The number of piperidine rings is 1. The molecule has 1 heterocycles. The van der Waals surface area contributed by atoms with Crippen LogP contribution in [-0.2, 0) is 0 Å². The highest BCUT2D eigenvalue weighted by Gasteiger charge is 2.31. The summed E-state index contributed by atoms with van der Waals surface area (Å²) in [4.78, 5) is 2.27. The number of likely N-dealkylation sites (tertiary alicyclic amines) is 1. The average molecular weight is 254 g/mol. The maximum Gasteiger partial charge on any atom is 0.0585 e. The highest BCUT2D eigenvalue weighted by Crippen LogP contribution is 2.46. The Morgan fingerprint density at radius 2 is 1.89 bits per heavy atom. The Morgan fingerprint density at radius 1 is 1.16 bits per heavy atom. The minimum atomic E-state index is 0.415. The van der Waals surface area contributed by atoms with Crippen LogP contribution in [0.3, 0.4) is 0 Å². The van der Waals surface area contributed by atoms with Gasteiger partial charge in [0.2, 0.25) is 0 Å². The van der Waals surface area contributed by atoms with E-state index in [0.717, 1.165) is 12.3 Å². The first-order chi connectivity index (χ1) is 9.35. The van der Waals surface area contributed by atoms with Crippen LogP contribution < -0.4 is 5.73 Å². The molecule has 1 aliphatic heterocycles. The summed E-state index contributed by atoms with van der Waals surface area (Å²) < 4.78 is 0. The SMILES string of the molecule is C=CN1/C(=C\N)CCCC1c1ccccc1C1CC1. The summed E-state index contributed by atoms with van der Waals surface area (Å²) in [5, 5.41) is 0. The molecular formula is C17H22N2. The van der Waals surface area contributed by atoms with Crippen LogP contribution in [0, 0.1) is 0 Å². The van der Waals surface area contributed by atoms with Gasteiger partial charge in [-0.05, 0) is 55.3 Å². The van der Waals surface area contributed by atoms with Gasteiger partial charge < -0.3 is 10.6 Å². The van der Waals surface area contributed by atoms with Gasteiger partial charge in [-0.15, -0.1) is 0 Å². The molecule has 0 bridgehead atoms. The average Bonchev–Trinajstić information content (AvgIpc) is 3.31. The van der Waals surface area contributed by atoms with Crippen molar-refractivity contribution in [2.75, 3.05) is 0 Å². The minimum Gasteiger partial charge on any atom is -0.403 e. The van der Waals surface area contributed by atoms with E-state index in [4.69, 9.17) is 5.73 Å². The molecule has 1 aromatic carbocycles. The summed E-state index contributed by atoms with van der Waals surface area (Å²) >= 11 is 0.